The van der Waals surface area contributed by atoms with Crippen molar-refractivity contribution in [2.45, 2.75) is 71.0 Å². The van der Waals surface area contributed by atoms with Crippen LogP contribution >= 0.6 is 0 Å². The summed E-state index contributed by atoms with van der Waals surface area (Å²) in [6.45, 7) is 5.21. The molecule has 0 spiro atoms. The standard InChI is InChI=1S/C16H31F3N2/c1-3-10-20-15(14-8-6-5-7-9-14)12-21(11-4-2)13-16(17,18)19/h14-15,20H,3-13H2,1-2H3. The van der Waals surface area contributed by atoms with Crippen molar-refractivity contribution in [2.75, 3.05) is 26.2 Å². The Kier molecular flexibility index (Phi) is 8.64. The third-order valence-corrected chi connectivity index (χ3v) is 4.27. The van der Waals surface area contributed by atoms with E-state index in [1.165, 1.54) is 19.3 Å². The van der Waals surface area contributed by atoms with Crippen molar-refractivity contribution in [3.8, 4) is 0 Å². The first-order chi connectivity index (χ1) is 9.96. The minimum atomic E-state index is -4.10. The maximum Gasteiger partial charge on any atom is 0.401 e. The molecule has 0 aromatic carbocycles. The molecule has 0 heterocycles. The van der Waals surface area contributed by atoms with Crippen LogP contribution in [0.15, 0.2) is 0 Å². The van der Waals surface area contributed by atoms with Crippen LogP contribution in [0.25, 0.3) is 0 Å². The van der Waals surface area contributed by atoms with Gasteiger partial charge in [-0.15, -0.1) is 0 Å². The molecular weight excluding hydrogens is 277 g/mol. The molecular formula is C16H31F3N2. The maximum absolute atomic E-state index is 12.7. The van der Waals surface area contributed by atoms with Crippen LogP contribution in [0.3, 0.4) is 0 Å². The number of nitrogens with one attached hydrogen (secondary N) is 1. The van der Waals surface area contributed by atoms with Gasteiger partial charge in [-0.3, -0.25) is 4.90 Å². The predicted molar refractivity (Wildman–Crippen MR) is 81.4 cm³/mol. The zero-order valence-corrected chi connectivity index (χ0v) is 13.5. The second-order valence-corrected chi connectivity index (χ2v) is 6.31. The lowest BCUT2D eigenvalue weighted by molar-refractivity contribution is -0.147. The topological polar surface area (TPSA) is 15.3 Å². The second-order valence-electron chi connectivity index (χ2n) is 6.31. The van der Waals surface area contributed by atoms with E-state index in [1.54, 1.807) is 4.90 Å². The van der Waals surface area contributed by atoms with Gasteiger partial charge < -0.3 is 5.32 Å². The highest BCUT2D eigenvalue weighted by molar-refractivity contribution is 4.83. The molecule has 0 saturated heterocycles. The molecule has 2 nitrogen and oxygen atoms in total. The van der Waals surface area contributed by atoms with Crippen molar-refractivity contribution in [2.24, 2.45) is 5.92 Å². The number of hydrogen-bond acceptors (Lipinski definition) is 2. The summed E-state index contributed by atoms with van der Waals surface area (Å²) >= 11 is 0. The molecule has 1 aliphatic carbocycles. The highest BCUT2D eigenvalue weighted by Crippen LogP contribution is 2.27. The molecule has 1 rings (SSSR count). The summed E-state index contributed by atoms with van der Waals surface area (Å²) in [6.07, 6.45) is 3.73. The number of hydrogen-bond donors (Lipinski definition) is 1. The van der Waals surface area contributed by atoms with E-state index in [2.05, 4.69) is 12.2 Å². The Labute approximate surface area is 127 Å². The van der Waals surface area contributed by atoms with E-state index in [1.807, 2.05) is 6.92 Å². The first-order valence-corrected chi connectivity index (χ1v) is 8.48. The molecule has 0 radical (unpaired) electrons. The van der Waals surface area contributed by atoms with Gasteiger partial charge in [-0.2, -0.15) is 13.2 Å². The van der Waals surface area contributed by atoms with Crippen LogP contribution in [0.4, 0.5) is 13.2 Å². The first kappa shape index (κ1) is 18.8. The molecule has 0 aromatic heterocycles. The van der Waals surface area contributed by atoms with Gasteiger partial charge in [-0.05, 0) is 44.7 Å². The molecule has 126 valence electrons. The SMILES string of the molecule is CCCNC(CN(CCC)CC(F)(F)F)C1CCCCC1. The Morgan fingerprint density at radius 2 is 1.76 bits per heavy atom. The Bertz CT molecular complexity index is 263. The van der Waals surface area contributed by atoms with Crippen LogP contribution < -0.4 is 5.32 Å². The Hall–Kier alpha value is -0.290. The fraction of sp³-hybridized carbons (Fsp3) is 1.00. The van der Waals surface area contributed by atoms with Crippen molar-refractivity contribution in [3.05, 3.63) is 0 Å². The van der Waals surface area contributed by atoms with Gasteiger partial charge in [0.15, 0.2) is 0 Å². The van der Waals surface area contributed by atoms with Crippen LogP contribution in [0.1, 0.15) is 58.8 Å². The fourth-order valence-corrected chi connectivity index (χ4v) is 3.33. The summed E-state index contributed by atoms with van der Waals surface area (Å²) in [5.41, 5.74) is 0. The van der Waals surface area contributed by atoms with Gasteiger partial charge in [-0.1, -0.05) is 33.1 Å². The molecule has 0 aromatic rings. The average molecular weight is 308 g/mol. The molecule has 0 aliphatic heterocycles. The van der Waals surface area contributed by atoms with Crippen LogP contribution in [0.5, 0.6) is 0 Å². The van der Waals surface area contributed by atoms with Gasteiger partial charge in [-0.25, -0.2) is 0 Å². The van der Waals surface area contributed by atoms with Gasteiger partial charge in [0.2, 0.25) is 0 Å². The lowest BCUT2D eigenvalue weighted by Crippen LogP contribution is -2.48. The summed E-state index contributed by atoms with van der Waals surface area (Å²) in [6, 6.07) is 0.208. The van der Waals surface area contributed by atoms with E-state index in [9.17, 15) is 13.2 Å². The third kappa shape index (κ3) is 8.05. The molecule has 1 N–H and O–H groups in total. The third-order valence-electron chi connectivity index (χ3n) is 4.27. The summed E-state index contributed by atoms with van der Waals surface area (Å²) < 4.78 is 38.1. The first-order valence-electron chi connectivity index (χ1n) is 8.48. The number of rotatable bonds is 9. The minimum Gasteiger partial charge on any atom is -0.312 e. The monoisotopic (exact) mass is 308 g/mol. The molecule has 1 unspecified atom stereocenters. The van der Waals surface area contributed by atoms with Crippen molar-refractivity contribution in [1.29, 1.82) is 0 Å². The zero-order chi connectivity index (χ0) is 15.7. The lowest BCUT2D eigenvalue weighted by atomic mass is 9.83. The van der Waals surface area contributed by atoms with E-state index in [4.69, 9.17) is 0 Å². The molecule has 5 heteroatoms. The van der Waals surface area contributed by atoms with Crippen molar-refractivity contribution >= 4 is 0 Å². The lowest BCUT2D eigenvalue weighted by Gasteiger charge is -2.35. The highest BCUT2D eigenvalue weighted by atomic mass is 19.4. The van der Waals surface area contributed by atoms with E-state index >= 15 is 0 Å². The zero-order valence-electron chi connectivity index (χ0n) is 13.5. The molecule has 1 atom stereocenters. The smallest absolute Gasteiger partial charge is 0.312 e. The van der Waals surface area contributed by atoms with Crippen molar-refractivity contribution < 1.29 is 13.2 Å². The minimum absolute atomic E-state index is 0.208. The van der Waals surface area contributed by atoms with E-state index < -0.39 is 12.7 Å². The van der Waals surface area contributed by atoms with E-state index in [0.29, 0.717) is 19.0 Å². The van der Waals surface area contributed by atoms with E-state index in [0.717, 1.165) is 32.2 Å². The predicted octanol–water partition coefficient (Wildman–Crippen LogP) is 4.21. The number of halogens is 3. The summed E-state index contributed by atoms with van der Waals surface area (Å²) in [7, 11) is 0. The summed E-state index contributed by atoms with van der Waals surface area (Å²) in [4.78, 5) is 1.59. The van der Waals surface area contributed by atoms with Crippen LogP contribution in [-0.2, 0) is 0 Å². The Morgan fingerprint density at radius 3 is 2.29 bits per heavy atom. The number of nitrogens with zero attached hydrogens (tertiary/aromatic N) is 1. The molecule has 1 fully saturated rings. The highest BCUT2D eigenvalue weighted by Gasteiger charge is 2.32. The largest absolute Gasteiger partial charge is 0.401 e. The van der Waals surface area contributed by atoms with Gasteiger partial charge in [0.05, 0.1) is 6.54 Å². The van der Waals surface area contributed by atoms with Gasteiger partial charge in [0.25, 0.3) is 0 Å². The Morgan fingerprint density at radius 1 is 1.10 bits per heavy atom. The molecule has 0 bridgehead atoms. The average Bonchev–Trinajstić information content (AvgIpc) is 2.43. The molecule has 1 aliphatic rings. The van der Waals surface area contributed by atoms with Crippen molar-refractivity contribution in [3.63, 3.8) is 0 Å². The quantitative estimate of drug-likeness (QED) is 0.686. The van der Waals surface area contributed by atoms with Crippen LogP contribution in [0, 0.1) is 5.92 Å². The number of alkyl halides is 3. The molecule has 1 saturated carbocycles. The van der Waals surface area contributed by atoms with Gasteiger partial charge in [0.1, 0.15) is 0 Å². The molecule has 0 amide bonds. The van der Waals surface area contributed by atoms with Crippen molar-refractivity contribution in [1.82, 2.24) is 10.2 Å². The van der Waals surface area contributed by atoms with Crippen LogP contribution in [0.2, 0.25) is 0 Å². The normalized spacial score (nSPS) is 19.1. The summed E-state index contributed by atoms with van der Waals surface area (Å²) in [5.74, 6) is 0.540. The van der Waals surface area contributed by atoms with Gasteiger partial charge in [0, 0.05) is 12.6 Å². The summed E-state index contributed by atoms with van der Waals surface area (Å²) in [5, 5.41) is 3.50. The van der Waals surface area contributed by atoms with Gasteiger partial charge >= 0.3 is 6.18 Å². The maximum atomic E-state index is 12.7. The fourth-order valence-electron chi connectivity index (χ4n) is 3.33. The second kappa shape index (κ2) is 9.67. The molecule has 21 heavy (non-hydrogen) atoms. The van der Waals surface area contributed by atoms with E-state index in [-0.39, 0.29) is 6.04 Å². The Balaban J connectivity index is 2.61. The van der Waals surface area contributed by atoms with Crippen LogP contribution in [-0.4, -0.2) is 43.3 Å².